The number of hydrogen-bond acceptors (Lipinski definition) is 3. The van der Waals surface area contributed by atoms with Gasteiger partial charge in [-0.3, -0.25) is 9.55 Å². The Labute approximate surface area is 383 Å². The predicted octanol–water partition coefficient (Wildman–Crippen LogP) is 16.3. The fourth-order valence-corrected chi connectivity index (χ4v) is 8.74. The number of aryl methyl sites for hydroxylation is 2. The van der Waals surface area contributed by atoms with Crippen LogP contribution in [0.15, 0.2) is 164 Å². The Morgan fingerprint density at radius 2 is 1.25 bits per heavy atom. The lowest BCUT2D eigenvalue weighted by atomic mass is 9.86. The molecule has 4 heteroatoms. The van der Waals surface area contributed by atoms with Crippen molar-refractivity contribution < 1.29 is 9.22 Å². The molecule has 0 spiro atoms. The lowest BCUT2D eigenvalue weighted by molar-refractivity contribution is 0.466. The third-order valence-electron chi connectivity index (χ3n) is 12.5. The Kier molecular flexibility index (Phi) is 10.2. The van der Waals surface area contributed by atoms with E-state index in [1.807, 2.05) is 18.3 Å². The molecule has 0 saturated carbocycles. The van der Waals surface area contributed by atoms with Crippen LogP contribution < -0.4 is 0 Å². The maximum absolute atomic E-state index is 12.4. The molecule has 7 aromatic carbocycles. The summed E-state index contributed by atoms with van der Waals surface area (Å²) in [5.74, 6) is 0.961. The zero-order valence-corrected chi connectivity index (χ0v) is 38.0. The van der Waals surface area contributed by atoms with Crippen molar-refractivity contribution in [2.45, 2.75) is 79.5 Å². The molecule has 64 heavy (non-hydrogen) atoms. The number of nitrogens with zero attached hydrogens (tertiary/aromatic N) is 3. The third-order valence-corrected chi connectivity index (χ3v) is 12.5. The molecule has 0 unspecified atom stereocenters. The van der Waals surface area contributed by atoms with Gasteiger partial charge >= 0.3 is 0 Å². The molecule has 0 radical (unpaired) electrons. The standard InChI is InChI=1S/C60H57N3O/c1-37(2)45-34-51(38(3)4)58(64)53(35-45)59-62-57-50(16-13-17-56(57)63(59)55-27-20-40(6)30-52(55)43-23-25-49(26-24-43)60(7,8)9)47-31-46(41-14-11-10-12-15-41)32-48(33-47)54-36-44(28-29-61-54)42-21-18-39(5)19-22-42/h10-38,64H,1-9H3/i6D3. The van der Waals surface area contributed by atoms with E-state index in [4.69, 9.17) is 14.1 Å². The Morgan fingerprint density at radius 3 is 1.95 bits per heavy atom. The quantitative estimate of drug-likeness (QED) is 0.158. The molecule has 2 aromatic heterocycles. The average molecular weight is 839 g/mol. The second kappa shape index (κ2) is 16.9. The minimum absolute atomic E-state index is 0.0403. The molecular weight excluding hydrogens is 779 g/mol. The number of hydrogen-bond donors (Lipinski definition) is 1. The summed E-state index contributed by atoms with van der Waals surface area (Å²) in [6.07, 6.45) is 1.88. The van der Waals surface area contributed by atoms with E-state index in [1.54, 1.807) is 12.1 Å². The molecule has 0 fully saturated rings. The zero-order valence-electron chi connectivity index (χ0n) is 41.0. The molecule has 1 N–H and O–H groups in total. The van der Waals surface area contributed by atoms with Gasteiger partial charge in [0.2, 0.25) is 0 Å². The summed E-state index contributed by atoms with van der Waals surface area (Å²) < 4.78 is 27.6. The molecule has 2 heterocycles. The smallest absolute Gasteiger partial charge is 0.149 e. The van der Waals surface area contributed by atoms with Gasteiger partial charge in [-0.1, -0.05) is 163 Å². The number of aromatic nitrogens is 3. The Bertz CT molecular complexity index is 3270. The molecule has 0 atom stereocenters. The number of para-hydroxylation sites is 1. The van der Waals surface area contributed by atoms with E-state index in [0.29, 0.717) is 11.4 Å². The summed E-state index contributed by atoms with van der Waals surface area (Å²) in [7, 11) is 0. The number of aromatic hydroxyl groups is 1. The van der Waals surface area contributed by atoms with Crippen molar-refractivity contribution in [3.63, 3.8) is 0 Å². The first-order chi connectivity index (χ1) is 31.9. The fraction of sp³-hybridized carbons (Fsp3) is 0.200. The monoisotopic (exact) mass is 838 g/mol. The van der Waals surface area contributed by atoms with Gasteiger partial charge in [0.15, 0.2) is 0 Å². The SMILES string of the molecule is [2H]C([2H])([2H])c1ccc(-n2c(-c3cc(C(C)C)cc(C(C)C)c3O)nc3c(-c4cc(-c5ccccc5)cc(-c5cc(-c6ccc(C)cc6)ccn5)c4)cccc32)c(-c2ccc(C(C)(C)C)cc2)c1. The van der Waals surface area contributed by atoms with Crippen LogP contribution in [-0.2, 0) is 5.41 Å². The summed E-state index contributed by atoms with van der Waals surface area (Å²) in [5.41, 5.74) is 17.0. The van der Waals surface area contributed by atoms with Crippen molar-refractivity contribution in [3.8, 4) is 78.6 Å². The van der Waals surface area contributed by atoms with Crippen LogP contribution >= 0.6 is 0 Å². The van der Waals surface area contributed by atoms with Gasteiger partial charge in [0.25, 0.3) is 0 Å². The van der Waals surface area contributed by atoms with Crippen molar-refractivity contribution >= 4 is 11.0 Å². The van der Waals surface area contributed by atoms with E-state index in [0.717, 1.165) is 83.6 Å². The highest BCUT2D eigenvalue weighted by Crippen LogP contribution is 2.44. The predicted molar refractivity (Wildman–Crippen MR) is 269 cm³/mol. The minimum Gasteiger partial charge on any atom is -0.507 e. The van der Waals surface area contributed by atoms with Gasteiger partial charge in [0.1, 0.15) is 11.6 Å². The number of benzene rings is 7. The lowest BCUT2D eigenvalue weighted by Crippen LogP contribution is -2.10. The summed E-state index contributed by atoms with van der Waals surface area (Å²) in [4.78, 5) is 10.5. The molecular formula is C60H57N3O. The minimum atomic E-state index is -2.34. The van der Waals surface area contributed by atoms with Crippen LogP contribution in [0.5, 0.6) is 5.75 Å². The Hall–Kier alpha value is -7.04. The molecule has 0 bridgehead atoms. The van der Waals surface area contributed by atoms with Gasteiger partial charge < -0.3 is 5.11 Å². The van der Waals surface area contributed by atoms with Crippen LogP contribution in [0.25, 0.3) is 83.9 Å². The van der Waals surface area contributed by atoms with Gasteiger partial charge in [0, 0.05) is 27.0 Å². The van der Waals surface area contributed by atoms with Crippen molar-refractivity contribution in [3.05, 3.63) is 192 Å². The van der Waals surface area contributed by atoms with E-state index >= 15 is 0 Å². The summed E-state index contributed by atoms with van der Waals surface area (Å²) in [6.45, 7) is 14.8. The highest BCUT2D eigenvalue weighted by molar-refractivity contribution is 5.98. The van der Waals surface area contributed by atoms with Crippen LogP contribution in [0.2, 0.25) is 0 Å². The maximum atomic E-state index is 12.4. The normalized spacial score (nSPS) is 12.8. The molecule has 9 aromatic rings. The molecule has 4 nitrogen and oxygen atoms in total. The molecule has 0 amide bonds. The first-order valence-corrected chi connectivity index (χ1v) is 22.3. The van der Waals surface area contributed by atoms with Crippen molar-refractivity contribution in [2.75, 3.05) is 0 Å². The van der Waals surface area contributed by atoms with E-state index in [2.05, 4.69) is 193 Å². The van der Waals surface area contributed by atoms with Crippen molar-refractivity contribution in [1.29, 1.82) is 0 Å². The van der Waals surface area contributed by atoms with Gasteiger partial charge in [-0.15, -0.1) is 0 Å². The van der Waals surface area contributed by atoms with Crippen LogP contribution in [0, 0.1) is 13.8 Å². The highest BCUT2D eigenvalue weighted by Gasteiger charge is 2.25. The lowest BCUT2D eigenvalue weighted by Gasteiger charge is -2.21. The first-order valence-electron chi connectivity index (χ1n) is 23.8. The average Bonchev–Trinajstić information content (AvgIpc) is 3.70. The van der Waals surface area contributed by atoms with Crippen LogP contribution in [0.4, 0.5) is 0 Å². The maximum Gasteiger partial charge on any atom is 0.149 e. The van der Waals surface area contributed by atoms with Crippen molar-refractivity contribution in [1.82, 2.24) is 14.5 Å². The summed E-state index contributed by atoms with van der Waals surface area (Å²) >= 11 is 0. The number of imidazole rings is 1. The Balaban J connectivity index is 1.35. The molecule has 0 aliphatic carbocycles. The molecule has 0 aliphatic heterocycles. The third kappa shape index (κ3) is 8.17. The van der Waals surface area contributed by atoms with E-state index in [-0.39, 0.29) is 28.6 Å². The molecule has 0 saturated heterocycles. The highest BCUT2D eigenvalue weighted by atomic mass is 16.3. The molecule has 318 valence electrons. The second-order valence-corrected chi connectivity index (χ2v) is 18.8. The topological polar surface area (TPSA) is 50.9 Å². The second-order valence-electron chi connectivity index (χ2n) is 18.8. The van der Waals surface area contributed by atoms with E-state index in [1.165, 1.54) is 11.1 Å². The Morgan fingerprint density at radius 1 is 0.562 bits per heavy atom. The molecule has 0 aliphatic rings. The van der Waals surface area contributed by atoms with Gasteiger partial charge in [0.05, 0.1) is 28.0 Å². The summed E-state index contributed by atoms with van der Waals surface area (Å²) in [6, 6.07) is 54.0. The number of rotatable bonds is 9. The van der Waals surface area contributed by atoms with Crippen LogP contribution in [0.3, 0.4) is 0 Å². The fourth-order valence-electron chi connectivity index (χ4n) is 8.74. The van der Waals surface area contributed by atoms with Gasteiger partial charge in [-0.2, -0.15) is 0 Å². The summed E-state index contributed by atoms with van der Waals surface area (Å²) in [5, 5.41) is 12.4. The number of pyridine rings is 1. The number of phenolic OH excluding ortho intramolecular Hbond substituents is 1. The van der Waals surface area contributed by atoms with Crippen LogP contribution in [0.1, 0.15) is 92.2 Å². The van der Waals surface area contributed by atoms with Crippen LogP contribution in [-0.4, -0.2) is 19.6 Å². The van der Waals surface area contributed by atoms with E-state index < -0.39 is 6.85 Å². The molecule has 9 rings (SSSR count). The van der Waals surface area contributed by atoms with E-state index in [9.17, 15) is 5.11 Å². The van der Waals surface area contributed by atoms with Gasteiger partial charge in [-0.05, 0) is 136 Å². The largest absolute Gasteiger partial charge is 0.507 e. The number of phenols is 1. The van der Waals surface area contributed by atoms with Gasteiger partial charge in [-0.25, -0.2) is 4.98 Å². The number of fused-ring (bicyclic) bond motifs is 1. The van der Waals surface area contributed by atoms with Crippen molar-refractivity contribution in [2.24, 2.45) is 0 Å². The first kappa shape index (κ1) is 38.6. The zero-order chi connectivity index (χ0) is 47.4.